The summed E-state index contributed by atoms with van der Waals surface area (Å²) in [6.45, 7) is 0.986. The lowest BCUT2D eigenvalue weighted by atomic mass is 10.1. The zero-order valence-electron chi connectivity index (χ0n) is 9.02. The van der Waals surface area contributed by atoms with Crippen molar-refractivity contribution in [1.82, 2.24) is 0 Å². The van der Waals surface area contributed by atoms with Crippen LogP contribution in [0.5, 0.6) is 0 Å². The molecule has 1 aromatic rings. The standard InChI is InChI=1S/C14H13NS/c1-2-9-16-14(5-1)12-6-7-13-11(10-12)4-3-8-15-13/h1-2,5-7,9-10H,3-4,8H2. The number of fused-ring (bicyclic) bond motifs is 1. The van der Waals surface area contributed by atoms with Gasteiger partial charge in [0.2, 0.25) is 0 Å². The summed E-state index contributed by atoms with van der Waals surface area (Å²) in [6.07, 6.45) is 8.70. The average Bonchev–Trinajstić information content (AvgIpc) is 2.39. The molecule has 1 nitrogen and oxygen atoms in total. The van der Waals surface area contributed by atoms with Crippen molar-refractivity contribution in [3.8, 4) is 0 Å². The van der Waals surface area contributed by atoms with E-state index in [0.29, 0.717) is 0 Å². The molecular formula is C14H13NS. The van der Waals surface area contributed by atoms with Gasteiger partial charge in [0.05, 0.1) is 5.36 Å². The first-order chi connectivity index (χ1) is 7.93. The van der Waals surface area contributed by atoms with Crippen molar-refractivity contribution in [1.29, 1.82) is 0 Å². The molecule has 0 amide bonds. The second-order valence-corrected chi connectivity index (χ2v) is 4.95. The summed E-state index contributed by atoms with van der Waals surface area (Å²) in [5.74, 6) is 0. The third kappa shape index (κ3) is 1.85. The molecular weight excluding hydrogens is 214 g/mol. The molecule has 2 heterocycles. The number of benzene rings is 1. The van der Waals surface area contributed by atoms with Crippen LogP contribution >= 0.6 is 11.8 Å². The Kier molecular flexibility index (Phi) is 2.66. The monoisotopic (exact) mass is 227 g/mol. The maximum Gasteiger partial charge on any atom is 0.0606 e. The molecule has 0 N–H and O–H groups in total. The minimum Gasteiger partial charge on any atom is -0.285 e. The van der Waals surface area contributed by atoms with Crippen molar-refractivity contribution in [2.75, 3.05) is 6.54 Å². The topological polar surface area (TPSA) is 12.4 Å². The van der Waals surface area contributed by atoms with Gasteiger partial charge in [-0.15, -0.1) is 0 Å². The molecule has 0 saturated heterocycles. The summed E-state index contributed by atoms with van der Waals surface area (Å²) in [4.78, 5) is 5.86. The van der Waals surface area contributed by atoms with E-state index in [1.165, 1.54) is 33.9 Å². The maximum atomic E-state index is 4.53. The van der Waals surface area contributed by atoms with Gasteiger partial charge in [0.1, 0.15) is 0 Å². The molecule has 0 saturated carbocycles. The molecule has 0 spiro atoms. The Morgan fingerprint density at radius 2 is 2.19 bits per heavy atom. The third-order valence-electron chi connectivity index (χ3n) is 2.88. The Hall–Kier alpha value is -1.28. The smallest absolute Gasteiger partial charge is 0.0606 e. The van der Waals surface area contributed by atoms with Gasteiger partial charge in [0.15, 0.2) is 0 Å². The van der Waals surface area contributed by atoms with Crippen LogP contribution in [0.25, 0.3) is 4.91 Å². The minimum atomic E-state index is 0.986. The van der Waals surface area contributed by atoms with E-state index in [0.717, 1.165) is 6.54 Å². The van der Waals surface area contributed by atoms with Crippen LogP contribution in [-0.4, -0.2) is 6.54 Å². The van der Waals surface area contributed by atoms with Gasteiger partial charge in [0.25, 0.3) is 0 Å². The van der Waals surface area contributed by atoms with Crippen LogP contribution in [0, 0.1) is 0 Å². The molecule has 2 heteroatoms. The second-order valence-electron chi connectivity index (χ2n) is 4.00. The normalized spacial score (nSPS) is 21.5. The van der Waals surface area contributed by atoms with Gasteiger partial charge in [-0.05, 0) is 47.2 Å². The summed E-state index contributed by atoms with van der Waals surface area (Å²) in [6, 6.07) is 6.63. The predicted molar refractivity (Wildman–Crippen MR) is 69.7 cm³/mol. The third-order valence-corrected chi connectivity index (χ3v) is 3.80. The minimum absolute atomic E-state index is 0.986. The van der Waals surface area contributed by atoms with E-state index < -0.39 is 0 Å². The summed E-state index contributed by atoms with van der Waals surface area (Å²) in [5, 5.41) is 4.64. The number of nitrogens with zero attached hydrogens (tertiary/aromatic N) is 1. The Morgan fingerprint density at radius 1 is 1.19 bits per heavy atom. The van der Waals surface area contributed by atoms with Gasteiger partial charge in [-0.1, -0.05) is 30.0 Å². The molecule has 0 fully saturated rings. The summed E-state index contributed by atoms with van der Waals surface area (Å²) in [7, 11) is 0. The van der Waals surface area contributed by atoms with E-state index in [1.807, 2.05) is 0 Å². The number of aryl methyl sites for hydroxylation is 1. The molecule has 0 bridgehead atoms. The summed E-state index contributed by atoms with van der Waals surface area (Å²) in [5.41, 5.74) is 1.40. The van der Waals surface area contributed by atoms with Crippen molar-refractivity contribution in [3.63, 3.8) is 0 Å². The van der Waals surface area contributed by atoms with E-state index in [2.05, 4.69) is 46.8 Å². The molecule has 2 aliphatic heterocycles. The molecule has 0 aliphatic carbocycles. The Morgan fingerprint density at radius 3 is 3.06 bits per heavy atom. The van der Waals surface area contributed by atoms with Gasteiger partial charge < -0.3 is 0 Å². The van der Waals surface area contributed by atoms with Crippen LogP contribution in [0.4, 0.5) is 0 Å². The number of allylic oxidation sites excluding steroid dienone is 2. The van der Waals surface area contributed by atoms with E-state index in [-0.39, 0.29) is 0 Å². The number of thioether (sulfide) groups is 1. The molecule has 0 atom stereocenters. The Bertz CT molecular complexity index is 581. The molecule has 0 radical (unpaired) electrons. The first-order valence-corrected chi connectivity index (χ1v) is 6.49. The lowest BCUT2D eigenvalue weighted by Gasteiger charge is -2.08. The zero-order valence-corrected chi connectivity index (χ0v) is 9.83. The van der Waals surface area contributed by atoms with E-state index >= 15 is 0 Å². The van der Waals surface area contributed by atoms with Crippen LogP contribution in [0.1, 0.15) is 12.0 Å². The number of rotatable bonds is 0. The van der Waals surface area contributed by atoms with E-state index in [4.69, 9.17) is 0 Å². The largest absolute Gasteiger partial charge is 0.285 e. The number of hydrogen-bond acceptors (Lipinski definition) is 2. The fourth-order valence-corrected chi connectivity index (χ4v) is 2.80. The SMILES string of the molecule is C1=CSC(=c2ccc3c(c2)CCCN=3)C=C1. The summed E-state index contributed by atoms with van der Waals surface area (Å²) < 4.78 is 0. The molecule has 0 unspecified atom stereocenters. The first-order valence-electron chi connectivity index (χ1n) is 5.61. The van der Waals surface area contributed by atoms with Gasteiger partial charge in [0, 0.05) is 11.4 Å². The van der Waals surface area contributed by atoms with Crippen molar-refractivity contribution >= 4 is 16.7 Å². The van der Waals surface area contributed by atoms with Crippen molar-refractivity contribution in [3.05, 3.63) is 58.0 Å². The lowest BCUT2D eigenvalue weighted by molar-refractivity contribution is 0.768. The maximum absolute atomic E-state index is 4.53. The molecule has 0 aromatic heterocycles. The quantitative estimate of drug-likeness (QED) is 0.662. The Balaban J connectivity index is 2.17. The Labute approximate surface area is 99.3 Å². The second kappa shape index (κ2) is 4.30. The predicted octanol–water partition coefficient (Wildman–Crippen LogP) is 2.18. The van der Waals surface area contributed by atoms with Crippen LogP contribution in [-0.2, 0) is 6.42 Å². The van der Waals surface area contributed by atoms with Crippen LogP contribution in [0.2, 0.25) is 0 Å². The molecule has 3 rings (SSSR count). The highest BCUT2D eigenvalue weighted by Crippen LogP contribution is 2.22. The average molecular weight is 227 g/mol. The molecule has 16 heavy (non-hydrogen) atoms. The zero-order chi connectivity index (χ0) is 10.8. The van der Waals surface area contributed by atoms with Crippen molar-refractivity contribution in [2.45, 2.75) is 12.8 Å². The molecule has 80 valence electrons. The van der Waals surface area contributed by atoms with Gasteiger partial charge >= 0.3 is 0 Å². The highest BCUT2D eigenvalue weighted by Gasteiger charge is 2.03. The highest BCUT2D eigenvalue weighted by molar-refractivity contribution is 8.10. The summed E-state index contributed by atoms with van der Waals surface area (Å²) >= 11 is 1.79. The fraction of sp³-hybridized carbons (Fsp3) is 0.214. The van der Waals surface area contributed by atoms with Crippen LogP contribution in [0.3, 0.4) is 0 Å². The molecule has 2 aliphatic rings. The fourth-order valence-electron chi connectivity index (χ4n) is 2.07. The highest BCUT2D eigenvalue weighted by atomic mass is 32.2. The first kappa shape index (κ1) is 9.91. The van der Waals surface area contributed by atoms with Crippen molar-refractivity contribution in [2.24, 2.45) is 4.99 Å². The van der Waals surface area contributed by atoms with Crippen molar-refractivity contribution < 1.29 is 0 Å². The van der Waals surface area contributed by atoms with Gasteiger partial charge in [-0.2, -0.15) is 0 Å². The lowest BCUT2D eigenvalue weighted by Crippen LogP contribution is -2.20. The van der Waals surface area contributed by atoms with Gasteiger partial charge in [-0.25, -0.2) is 0 Å². The molecule has 1 aromatic carbocycles. The van der Waals surface area contributed by atoms with E-state index in [9.17, 15) is 0 Å². The van der Waals surface area contributed by atoms with Crippen LogP contribution < -0.4 is 10.6 Å². The van der Waals surface area contributed by atoms with E-state index in [1.54, 1.807) is 11.8 Å². The number of hydrogen-bond donors (Lipinski definition) is 0. The van der Waals surface area contributed by atoms with Gasteiger partial charge in [-0.3, -0.25) is 4.99 Å². The van der Waals surface area contributed by atoms with Crippen LogP contribution in [0.15, 0.2) is 46.8 Å².